The summed E-state index contributed by atoms with van der Waals surface area (Å²) in [6.45, 7) is 6.35. The van der Waals surface area contributed by atoms with Crippen LogP contribution in [-0.4, -0.2) is 37.6 Å². The Kier molecular flexibility index (Phi) is 5.30. The maximum absolute atomic E-state index is 3.51. The number of hydrogen-bond acceptors (Lipinski definition) is 2. The fourth-order valence-electron chi connectivity index (χ4n) is 3.84. The van der Waals surface area contributed by atoms with Gasteiger partial charge in [-0.25, -0.2) is 0 Å². The third-order valence-electron chi connectivity index (χ3n) is 4.71. The van der Waals surface area contributed by atoms with E-state index in [1.54, 1.807) is 0 Å². The molecule has 100 valence electrons. The van der Waals surface area contributed by atoms with Crippen molar-refractivity contribution >= 4 is 0 Å². The second-order valence-corrected chi connectivity index (χ2v) is 6.25. The molecule has 2 rings (SSSR count). The Morgan fingerprint density at radius 3 is 2.53 bits per heavy atom. The van der Waals surface area contributed by atoms with Gasteiger partial charge in [0.25, 0.3) is 0 Å². The first-order valence-corrected chi connectivity index (χ1v) is 7.71. The van der Waals surface area contributed by atoms with Gasteiger partial charge in [-0.15, -0.1) is 0 Å². The SMILES string of the molecule is CCCC1CC(NC)CN(CC2CCCC2)C1. The van der Waals surface area contributed by atoms with Gasteiger partial charge in [-0.2, -0.15) is 0 Å². The van der Waals surface area contributed by atoms with E-state index in [1.807, 2.05) is 0 Å². The van der Waals surface area contributed by atoms with Gasteiger partial charge in [0.05, 0.1) is 0 Å². The van der Waals surface area contributed by atoms with Crippen LogP contribution in [0.1, 0.15) is 51.9 Å². The molecule has 0 aromatic carbocycles. The van der Waals surface area contributed by atoms with Crippen molar-refractivity contribution in [2.75, 3.05) is 26.7 Å². The number of nitrogens with one attached hydrogen (secondary N) is 1. The highest BCUT2D eigenvalue weighted by atomic mass is 15.2. The minimum atomic E-state index is 0.738. The lowest BCUT2D eigenvalue weighted by molar-refractivity contribution is 0.121. The summed E-state index contributed by atoms with van der Waals surface area (Å²) in [6.07, 6.45) is 10.1. The largest absolute Gasteiger partial charge is 0.316 e. The topological polar surface area (TPSA) is 15.3 Å². The van der Waals surface area contributed by atoms with Crippen LogP contribution in [0.4, 0.5) is 0 Å². The molecule has 1 N–H and O–H groups in total. The van der Waals surface area contributed by atoms with E-state index in [1.165, 1.54) is 64.6 Å². The molecule has 2 fully saturated rings. The molecule has 2 nitrogen and oxygen atoms in total. The highest BCUT2D eigenvalue weighted by molar-refractivity contribution is 4.84. The van der Waals surface area contributed by atoms with Gasteiger partial charge in [0.15, 0.2) is 0 Å². The highest BCUT2D eigenvalue weighted by Gasteiger charge is 2.28. The maximum atomic E-state index is 3.51. The molecular weight excluding hydrogens is 208 g/mol. The van der Waals surface area contributed by atoms with Crippen LogP contribution in [0, 0.1) is 11.8 Å². The molecule has 1 saturated carbocycles. The van der Waals surface area contributed by atoms with Crippen molar-refractivity contribution in [3.05, 3.63) is 0 Å². The smallest absolute Gasteiger partial charge is 0.0195 e. The predicted octanol–water partition coefficient (Wildman–Crippen LogP) is 2.89. The highest BCUT2D eigenvalue weighted by Crippen LogP contribution is 2.28. The first-order valence-electron chi connectivity index (χ1n) is 7.71. The minimum absolute atomic E-state index is 0.738. The molecule has 2 unspecified atom stereocenters. The van der Waals surface area contributed by atoms with E-state index in [2.05, 4.69) is 24.2 Å². The zero-order chi connectivity index (χ0) is 12.1. The van der Waals surface area contributed by atoms with E-state index >= 15 is 0 Å². The normalized spacial score (nSPS) is 32.1. The Morgan fingerprint density at radius 1 is 1.12 bits per heavy atom. The fraction of sp³-hybridized carbons (Fsp3) is 1.00. The summed E-state index contributed by atoms with van der Waals surface area (Å²) < 4.78 is 0. The monoisotopic (exact) mass is 238 g/mol. The van der Waals surface area contributed by atoms with Gasteiger partial charge >= 0.3 is 0 Å². The van der Waals surface area contributed by atoms with E-state index in [0.29, 0.717) is 0 Å². The Balaban J connectivity index is 1.82. The van der Waals surface area contributed by atoms with Crippen LogP contribution in [0.25, 0.3) is 0 Å². The maximum Gasteiger partial charge on any atom is 0.0195 e. The molecule has 2 aliphatic rings. The molecule has 17 heavy (non-hydrogen) atoms. The van der Waals surface area contributed by atoms with Crippen LogP contribution in [0.3, 0.4) is 0 Å². The lowest BCUT2D eigenvalue weighted by Crippen LogP contribution is -2.49. The molecule has 1 aliphatic heterocycles. The van der Waals surface area contributed by atoms with Gasteiger partial charge in [0, 0.05) is 25.7 Å². The fourth-order valence-corrected chi connectivity index (χ4v) is 3.84. The van der Waals surface area contributed by atoms with E-state index in [4.69, 9.17) is 0 Å². The minimum Gasteiger partial charge on any atom is -0.316 e. The summed E-state index contributed by atoms with van der Waals surface area (Å²) >= 11 is 0. The number of piperidine rings is 1. The van der Waals surface area contributed by atoms with Crippen molar-refractivity contribution < 1.29 is 0 Å². The van der Waals surface area contributed by atoms with Crippen molar-refractivity contribution in [1.29, 1.82) is 0 Å². The number of hydrogen-bond donors (Lipinski definition) is 1. The zero-order valence-corrected chi connectivity index (χ0v) is 11.8. The van der Waals surface area contributed by atoms with Crippen LogP contribution in [0.15, 0.2) is 0 Å². The summed E-state index contributed by atoms with van der Waals surface area (Å²) in [4.78, 5) is 2.75. The lowest BCUT2D eigenvalue weighted by atomic mass is 9.90. The lowest BCUT2D eigenvalue weighted by Gasteiger charge is -2.39. The first-order chi connectivity index (χ1) is 8.31. The first kappa shape index (κ1) is 13.4. The number of likely N-dealkylation sites (N-methyl/N-ethyl adjacent to an activating group) is 1. The second kappa shape index (κ2) is 6.75. The van der Waals surface area contributed by atoms with Gasteiger partial charge in [0.1, 0.15) is 0 Å². The Bertz CT molecular complexity index is 211. The predicted molar refractivity (Wildman–Crippen MR) is 74.3 cm³/mol. The molecule has 0 bridgehead atoms. The quantitative estimate of drug-likeness (QED) is 0.792. The molecule has 1 aliphatic carbocycles. The summed E-state index contributed by atoms with van der Waals surface area (Å²) in [6, 6.07) is 0.738. The van der Waals surface area contributed by atoms with E-state index < -0.39 is 0 Å². The summed E-state index contributed by atoms with van der Waals surface area (Å²) in [7, 11) is 2.13. The zero-order valence-electron chi connectivity index (χ0n) is 11.8. The van der Waals surface area contributed by atoms with E-state index in [9.17, 15) is 0 Å². The Morgan fingerprint density at radius 2 is 1.88 bits per heavy atom. The van der Waals surface area contributed by atoms with Crippen LogP contribution in [0.2, 0.25) is 0 Å². The van der Waals surface area contributed by atoms with Gasteiger partial charge in [-0.1, -0.05) is 26.2 Å². The van der Waals surface area contributed by atoms with Crippen LogP contribution in [0.5, 0.6) is 0 Å². The van der Waals surface area contributed by atoms with Gasteiger partial charge in [-0.3, -0.25) is 0 Å². The molecule has 0 radical (unpaired) electrons. The molecule has 0 spiro atoms. The van der Waals surface area contributed by atoms with Gasteiger partial charge in [0.2, 0.25) is 0 Å². The average Bonchev–Trinajstić information content (AvgIpc) is 2.82. The third-order valence-corrected chi connectivity index (χ3v) is 4.71. The molecule has 0 aromatic heterocycles. The van der Waals surface area contributed by atoms with Crippen LogP contribution >= 0.6 is 0 Å². The summed E-state index contributed by atoms with van der Waals surface area (Å²) in [5.41, 5.74) is 0. The van der Waals surface area contributed by atoms with Crippen molar-refractivity contribution in [2.24, 2.45) is 11.8 Å². The van der Waals surface area contributed by atoms with E-state index in [0.717, 1.165) is 17.9 Å². The number of nitrogens with zero attached hydrogens (tertiary/aromatic N) is 1. The standard InChI is InChI=1S/C15H30N2/c1-3-6-14-9-15(16-2)12-17(11-14)10-13-7-4-5-8-13/h13-16H,3-12H2,1-2H3. The number of likely N-dealkylation sites (tertiary alicyclic amines) is 1. The van der Waals surface area contributed by atoms with Crippen molar-refractivity contribution in [3.8, 4) is 0 Å². The average molecular weight is 238 g/mol. The molecule has 2 atom stereocenters. The summed E-state index contributed by atoms with van der Waals surface area (Å²) in [5, 5.41) is 3.51. The molecule has 1 heterocycles. The van der Waals surface area contributed by atoms with Crippen molar-refractivity contribution in [1.82, 2.24) is 10.2 Å². The molecule has 0 amide bonds. The molecule has 2 heteroatoms. The second-order valence-electron chi connectivity index (χ2n) is 6.25. The summed E-state index contributed by atoms with van der Waals surface area (Å²) in [5.74, 6) is 1.94. The van der Waals surface area contributed by atoms with Crippen LogP contribution < -0.4 is 5.32 Å². The third kappa shape index (κ3) is 3.96. The Hall–Kier alpha value is -0.0800. The molecule has 0 aromatic rings. The van der Waals surface area contributed by atoms with Crippen molar-refractivity contribution in [3.63, 3.8) is 0 Å². The van der Waals surface area contributed by atoms with Gasteiger partial charge in [-0.05, 0) is 44.6 Å². The van der Waals surface area contributed by atoms with E-state index in [-0.39, 0.29) is 0 Å². The Labute approximate surface area is 107 Å². The van der Waals surface area contributed by atoms with Gasteiger partial charge < -0.3 is 10.2 Å². The van der Waals surface area contributed by atoms with Crippen LogP contribution in [-0.2, 0) is 0 Å². The molecule has 1 saturated heterocycles. The molecular formula is C15H30N2. The van der Waals surface area contributed by atoms with Crippen molar-refractivity contribution in [2.45, 2.75) is 57.9 Å². The number of rotatable bonds is 5.